The molecule has 0 atom stereocenters. The quantitative estimate of drug-likeness (QED) is 0.427. The van der Waals surface area contributed by atoms with Crippen LogP contribution in [0.2, 0.25) is 0 Å². The third kappa shape index (κ3) is 3.65. The summed E-state index contributed by atoms with van der Waals surface area (Å²) in [5.41, 5.74) is 1.85. The molecule has 6 nitrogen and oxygen atoms in total. The van der Waals surface area contributed by atoms with Crippen molar-refractivity contribution in [3.8, 4) is 22.5 Å². The van der Waals surface area contributed by atoms with Crippen LogP contribution in [0.15, 0.2) is 59.3 Å². The van der Waals surface area contributed by atoms with Crippen LogP contribution in [0.4, 0.5) is 4.39 Å². The molecule has 1 aromatic carbocycles. The first kappa shape index (κ1) is 19.2. The maximum absolute atomic E-state index is 14.3. The van der Waals surface area contributed by atoms with E-state index in [9.17, 15) is 14.3 Å². The molecule has 0 amide bonds. The first-order valence-electron chi connectivity index (χ1n) is 7.51. The molecule has 3 aromatic heterocycles. The molecule has 0 saturated heterocycles. The molecule has 3 heterocycles. The molecule has 27 heavy (non-hydrogen) atoms. The van der Waals surface area contributed by atoms with Gasteiger partial charge in [0.05, 0.1) is 23.1 Å². The first-order chi connectivity index (χ1) is 12.5. The van der Waals surface area contributed by atoms with Crippen molar-refractivity contribution in [1.82, 2.24) is 19.6 Å². The zero-order valence-electron chi connectivity index (χ0n) is 14.1. The summed E-state index contributed by atoms with van der Waals surface area (Å²) in [5.74, 6) is -1.85. The summed E-state index contributed by atoms with van der Waals surface area (Å²) in [4.78, 5) is 19.3. The Balaban J connectivity index is 0.00000210. The number of carbonyl (C=O) groups excluding carboxylic acids is 1. The molecule has 0 N–H and O–H groups in total. The molecule has 0 radical (unpaired) electrons. The topological polar surface area (TPSA) is 83.2 Å². The molecule has 0 spiro atoms. The fourth-order valence-electron chi connectivity index (χ4n) is 2.64. The van der Waals surface area contributed by atoms with Gasteiger partial charge in [0, 0.05) is 34.1 Å². The minimum absolute atomic E-state index is 0. The van der Waals surface area contributed by atoms with Crippen molar-refractivity contribution in [1.29, 1.82) is 0 Å². The Labute approximate surface area is 173 Å². The fraction of sp³-hybridized carbons (Fsp3) is 0. The molecule has 128 valence electrons. The second-order valence-electron chi connectivity index (χ2n) is 5.47. The molecule has 0 aliphatic rings. The number of benzene rings is 1. The summed E-state index contributed by atoms with van der Waals surface area (Å²) >= 11 is 3.22. The van der Waals surface area contributed by atoms with Crippen molar-refractivity contribution in [2.75, 3.05) is 0 Å². The third-order valence-electron chi connectivity index (χ3n) is 3.82. The van der Waals surface area contributed by atoms with Crippen LogP contribution in [-0.4, -0.2) is 25.6 Å². The Kier molecular flexibility index (Phi) is 5.42. The van der Waals surface area contributed by atoms with Crippen molar-refractivity contribution in [2.45, 2.75) is 0 Å². The van der Waals surface area contributed by atoms with E-state index in [1.54, 1.807) is 36.7 Å². The van der Waals surface area contributed by atoms with E-state index in [-0.39, 0.29) is 35.8 Å². The predicted octanol–water partition coefficient (Wildman–Crippen LogP) is -0.273. The van der Waals surface area contributed by atoms with Crippen LogP contribution in [0.25, 0.3) is 28.2 Å². The number of rotatable bonds is 3. The fourth-order valence-corrected chi connectivity index (χ4v) is 2.97. The van der Waals surface area contributed by atoms with Gasteiger partial charge in [-0.15, -0.1) is 0 Å². The molecule has 0 unspecified atom stereocenters. The van der Waals surface area contributed by atoms with Crippen LogP contribution in [0, 0.1) is 5.82 Å². The normalized spacial score (nSPS) is 10.6. The number of pyridine rings is 1. The van der Waals surface area contributed by atoms with Crippen molar-refractivity contribution < 1.29 is 33.2 Å². The predicted molar refractivity (Wildman–Crippen MR) is 93.6 cm³/mol. The van der Waals surface area contributed by atoms with E-state index in [1.165, 1.54) is 22.7 Å². The standard InChI is InChI=1S/C18H10BrFN4O2.Li/c19-11-1-2-12(13(20)7-11)14-9-17-22-15(18(25)26)8-16(24(17)23-14)10-3-5-21-6-4-10;/h1-9H,(H,25,26);/q;+1/p-1. The van der Waals surface area contributed by atoms with Gasteiger partial charge in [-0.05, 0) is 36.4 Å². The van der Waals surface area contributed by atoms with Crippen LogP contribution >= 0.6 is 15.9 Å². The number of carbonyl (C=O) groups is 1. The number of fused-ring (bicyclic) bond motifs is 1. The van der Waals surface area contributed by atoms with Gasteiger partial charge in [-0.1, -0.05) is 15.9 Å². The van der Waals surface area contributed by atoms with Gasteiger partial charge in [-0.25, -0.2) is 13.9 Å². The minimum Gasteiger partial charge on any atom is -0.543 e. The van der Waals surface area contributed by atoms with E-state index in [2.05, 4.69) is 31.0 Å². The number of halogens is 2. The van der Waals surface area contributed by atoms with Crippen LogP contribution in [0.5, 0.6) is 0 Å². The molecule has 4 aromatic rings. The molecule has 0 bridgehead atoms. The second-order valence-corrected chi connectivity index (χ2v) is 6.39. The van der Waals surface area contributed by atoms with Crippen LogP contribution in [-0.2, 0) is 0 Å². The Morgan fingerprint density at radius 2 is 1.85 bits per heavy atom. The second kappa shape index (κ2) is 7.60. The van der Waals surface area contributed by atoms with E-state index < -0.39 is 11.8 Å². The maximum atomic E-state index is 14.3. The van der Waals surface area contributed by atoms with E-state index in [1.807, 2.05) is 0 Å². The zero-order chi connectivity index (χ0) is 18.3. The first-order valence-corrected chi connectivity index (χ1v) is 8.30. The molecule has 0 saturated carbocycles. The summed E-state index contributed by atoms with van der Waals surface area (Å²) in [6, 6.07) is 11.0. The van der Waals surface area contributed by atoms with Crippen LogP contribution in [0.3, 0.4) is 0 Å². The van der Waals surface area contributed by atoms with E-state index >= 15 is 0 Å². The van der Waals surface area contributed by atoms with Gasteiger partial charge >= 0.3 is 18.9 Å². The number of nitrogens with zero attached hydrogens (tertiary/aromatic N) is 4. The molecule has 0 aliphatic heterocycles. The Bertz CT molecular complexity index is 1150. The Morgan fingerprint density at radius 3 is 2.52 bits per heavy atom. The number of aromatic carboxylic acids is 1. The van der Waals surface area contributed by atoms with Gasteiger partial charge < -0.3 is 9.90 Å². The summed E-state index contributed by atoms with van der Waals surface area (Å²) in [7, 11) is 0. The monoisotopic (exact) mass is 418 g/mol. The largest absolute Gasteiger partial charge is 1.00 e. The van der Waals surface area contributed by atoms with Crippen molar-refractivity contribution in [3.63, 3.8) is 0 Å². The molecule has 4 rings (SSSR count). The Hall–Kier alpha value is -2.53. The van der Waals surface area contributed by atoms with E-state index in [0.29, 0.717) is 21.4 Å². The molecule has 0 fully saturated rings. The van der Waals surface area contributed by atoms with Crippen molar-refractivity contribution in [2.24, 2.45) is 0 Å². The number of aromatic nitrogens is 4. The average molecular weight is 419 g/mol. The van der Waals surface area contributed by atoms with Gasteiger partial charge in [-0.2, -0.15) is 5.10 Å². The van der Waals surface area contributed by atoms with Gasteiger partial charge in [0.2, 0.25) is 0 Å². The zero-order valence-corrected chi connectivity index (χ0v) is 15.6. The summed E-state index contributed by atoms with van der Waals surface area (Å²) in [6.07, 6.45) is 3.16. The van der Waals surface area contributed by atoms with Gasteiger partial charge in [0.25, 0.3) is 0 Å². The maximum Gasteiger partial charge on any atom is 1.00 e. The SMILES string of the molecule is O=C([O-])c1cc(-c2ccncc2)n2nc(-c3ccc(Br)cc3F)cc2n1.[Li+]. The van der Waals surface area contributed by atoms with Crippen molar-refractivity contribution >= 4 is 27.5 Å². The minimum atomic E-state index is -1.40. The Morgan fingerprint density at radius 1 is 1.11 bits per heavy atom. The van der Waals surface area contributed by atoms with Crippen LogP contribution < -0.4 is 24.0 Å². The van der Waals surface area contributed by atoms with E-state index in [4.69, 9.17) is 0 Å². The molecule has 9 heteroatoms. The number of carboxylic acids is 1. The smallest absolute Gasteiger partial charge is 0.543 e. The average Bonchev–Trinajstić information content (AvgIpc) is 3.05. The number of hydrogen-bond donors (Lipinski definition) is 0. The van der Waals surface area contributed by atoms with Gasteiger partial charge in [0.1, 0.15) is 5.82 Å². The van der Waals surface area contributed by atoms with Crippen LogP contribution in [0.1, 0.15) is 10.5 Å². The van der Waals surface area contributed by atoms with E-state index in [0.717, 1.165) is 0 Å². The van der Waals surface area contributed by atoms with Crippen molar-refractivity contribution in [3.05, 3.63) is 70.8 Å². The van der Waals surface area contributed by atoms with Gasteiger partial charge in [0.15, 0.2) is 5.65 Å². The number of hydrogen-bond acceptors (Lipinski definition) is 5. The molecular formula is C18H9BrFLiN4O2. The number of carboxylic acid groups (broad SMARTS) is 1. The summed E-state index contributed by atoms with van der Waals surface area (Å²) in [5, 5.41) is 15.7. The van der Waals surface area contributed by atoms with Gasteiger partial charge in [-0.3, -0.25) is 4.98 Å². The third-order valence-corrected chi connectivity index (χ3v) is 4.31. The molecular weight excluding hydrogens is 410 g/mol. The summed E-state index contributed by atoms with van der Waals surface area (Å²) in [6.45, 7) is 0. The summed E-state index contributed by atoms with van der Waals surface area (Å²) < 4.78 is 16.4. The molecule has 0 aliphatic carbocycles.